The van der Waals surface area contributed by atoms with Gasteiger partial charge in [0, 0.05) is 23.5 Å². The quantitative estimate of drug-likeness (QED) is 0.146. The van der Waals surface area contributed by atoms with Gasteiger partial charge in [0.2, 0.25) is 23.6 Å². The van der Waals surface area contributed by atoms with Gasteiger partial charge in [-0.05, 0) is 24.0 Å². The molecule has 0 saturated heterocycles. The van der Waals surface area contributed by atoms with Gasteiger partial charge in [0.1, 0.15) is 18.1 Å². The Morgan fingerprint density at radius 1 is 0.946 bits per heavy atom. The van der Waals surface area contributed by atoms with Crippen LogP contribution < -0.4 is 27.4 Å². The highest BCUT2D eigenvalue weighted by Gasteiger charge is 2.31. The zero-order valence-corrected chi connectivity index (χ0v) is 20.7. The first-order chi connectivity index (χ1) is 17.4. The lowest BCUT2D eigenvalue weighted by Crippen LogP contribution is -2.58. The van der Waals surface area contributed by atoms with Crippen LogP contribution in [0, 0.1) is 5.92 Å². The summed E-state index contributed by atoms with van der Waals surface area (Å²) in [6.45, 7) is 2.80. The van der Waals surface area contributed by atoms with Gasteiger partial charge in [0.25, 0.3) is 0 Å². The molecule has 2 aromatic rings. The summed E-state index contributed by atoms with van der Waals surface area (Å²) in [6.07, 6.45) is 1.44. The number of aliphatic carboxylic acids is 1. The van der Waals surface area contributed by atoms with E-state index < -0.39 is 66.8 Å². The minimum Gasteiger partial charge on any atom is -0.480 e. The Hall–Kier alpha value is -3.97. The summed E-state index contributed by atoms with van der Waals surface area (Å²) in [4.78, 5) is 64.3. The van der Waals surface area contributed by atoms with Crippen molar-refractivity contribution >= 4 is 40.5 Å². The molecule has 0 bridgehead atoms. The number of hydrogen-bond acceptors (Lipinski definition) is 7. The molecule has 1 heterocycles. The summed E-state index contributed by atoms with van der Waals surface area (Å²) in [5.41, 5.74) is 12.3. The van der Waals surface area contributed by atoms with E-state index in [0.29, 0.717) is 5.56 Å². The molecular formula is C24H34N6O7. The van der Waals surface area contributed by atoms with Gasteiger partial charge in [-0.3, -0.25) is 19.2 Å². The van der Waals surface area contributed by atoms with Crippen LogP contribution in [0.3, 0.4) is 0 Å². The smallest absolute Gasteiger partial charge is 0.328 e. The first-order valence-corrected chi connectivity index (χ1v) is 11.8. The first-order valence-electron chi connectivity index (χ1n) is 11.8. The zero-order valence-electron chi connectivity index (χ0n) is 20.7. The molecule has 1 aromatic carbocycles. The van der Waals surface area contributed by atoms with E-state index in [4.69, 9.17) is 11.5 Å². The van der Waals surface area contributed by atoms with Gasteiger partial charge in [-0.1, -0.05) is 32.0 Å². The summed E-state index contributed by atoms with van der Waals surface area (Å²) in [7, 11) is 0. The van der Waals surface area contributed by atoms with E-state index in [-0.39, 0.29) is 18.8 Å². The average molecular weight is 519 g/mol. The van der Waals surface area contributed by atoms with Crippen LogP contribution in [0.2, 0.25) is 0 Å². The lowest BCUT2D eigenvalue weighted by molar-refractivity contribution is -0.143. The van der Waals surface area contributed by atoms with E-state index in [1.165, 1.54) is 0 Å². The number of aromatic nitrogens is 1. The summed E-state index contributed by atoms with van der Waals surface area (Å²) in [5.74, 6) is -4.57. The minimum atomic E-state index is -1.58. The zero-order chi connectivity index (χ0) is 27.7. The van der Waals surface area contributed by atoms with Crippen molar-refractivity contribution in [2.45, 2.75) is 57.3 Å². The number of primary amides is 1. The molecule has 0 spiro atoms. The predicted octanol–water partition coefficient (Wildman–Crippen LogP) is -1.51. The molecule has 2 rings (SSSR count). The molecule has 13 heteroatoms. The molecule has 0 aliphatic heterocycles. The van der Waals surface area contributed by atoms with Gasteiger partial charge in [-0.15, -0.1) is 0 Å². The highest BCUT2D eigenvalue weighted by atomic mass is 16.4. The molecule has 0 aliphatic carbocycles. The number of H-pyrrole nitrogens is 1. The average Bonchev–Trinajstić information content (AvgIpc) is 3.23. The van der Waals surface area contributed by atoms with Crippen LogP contribution in [0.5, 0.6) is 0 Å². The lowest BCUT2D eigenvalue weighted by Gasteiger charge is -2.25. The van der Waals surface area contributed by atoms with Crippen LogP contribution in [0.4, 0.5) is 0 Å². The van der Waals surface area contributed by atoms with Crippen LogP contribution in [-0.4, -0.2) is 75.6 Å². The third-order valence-corrected chi connectivity index (χ3v) is 5.63. The fraction of sp³-hybridized carbons (Fsp3) is 0.458. The third-order valence-electron chi connectivity index (χ3n) is 5.63. The second-order valence-electron chi connectivity index (χ2n) is 9.17. The molecular weight excluding hydrogens is 484 g/mol. The monoisotopic (exact) mass is 518 g/mol. The highest BCUT2D eigenvalue weighted by Crippen LogP contribution is 2.19. The molecule has 0 saturated carbocycles. The van der Waals surface area contributed by atoms with Gasteiger partial charge in [0.15, 0.2) is 0 Å². The van der Waals surface area contributed by atoms with Crippen LogP contribution in [0.1, 0.15) is 32.3 Å². The van der Waals surface area contributed by atoms with E-state index in [1.54, 1.807) is 6.20 Å². The maximum Gasteiger partial charge on any atom is 0.328 e. The molecule has 4 unspecified atom stereocenters. The summed E-state index contributed by atoms with van der Waals surface area (Å²) >= 11 is 0. The number of nitrogens with one attached hydrogen (secondary N) is 4. The van der Waals surface area contributed by atoms with Crippen molar-refractivity contribution in [3.8, 4) is 0 Å². The Kier molecular flexibility index (Phi) is 10.6. The number of carbonyl (C=O) groups excluding carboxylic acids is 4. The number of amides is 4. The number of aliphatic hydroxyl groups is 1. The van der Waals surface area contributed by atoms with Crippen molar-refractivity contribution < 1.29 is 34.2 Å². The third kappa shape index (κ3) is 8.58. The van der Waals surface area contributed by atoms with Crippen molar-refractivity contribution in [1.82, 2.24) is 20.9 Å². The van der Waals surface area contributed by atoms with Gasteiger partial charge < -0.3 is 42.6 Å². The number of carboxylic acids is 1. The number of nitrogens with two attached hydrogens (primary N) is 2. The Balaban J connectivity index is 2.30. The fourth-order valence-electron chi connectivity index (χ4n) is 3.75. The van der Waals surface area contributed by atoms with E-state index in [9.17, 15) is 34.2 Å². The first kappa shape index (κ1) is 29.3. The fourth-order valence-corrected chi connectivity index (χ4v) is 3.75. The summed E-state index contributed by atoms with van der Waals surface area (Å²) in [6, 6.07) is 2.12. The molecule has 202 valence electrons. The van der Waals surface area contributed by atoms with E-state index in [1.807, 2.05) is 38.1 Å². The van der Waals surface area contributed by atoms with E-state index in [0.717, 1.165) is 10.9 Å². The Bertz CT molecular complexity index is 1130. The van der Waals surface area contributed by atoms with Crippen LogP contribution >= 0.6 is 0 Å². The maximum atomic E-state index is 13.2. The van der Waals surface area contributed by atoms with Crippen molar-refractivity contribution in [3.63, 3.8) is 0 Å². The highest BCUT2D eigenvalue weighted by molar-refractivity contribution is 5.95. The number of aromatic amines is 1. The Morgan fingerprint density at radius 3 is 2.14 bits per heavy atom. The van der Waals surface area contributed by atoms with Crippen LogP contribution in [0.25, 0.3) is 10.9 Å². The normalized spacial score (nSPS) is 14.4. The van der Waals surface area contributed by atoms with Crippen LogP contribution in [0.15, 0.2) is 30.5 Å². The number of aliphatic hydroxyl groups excluding tert-OH is 1. The molecule has 4 atom stereocenters. The second kappa shape index (κ2) is 13.4. The molecule has 1 aromatic heterocycles. The van der Waals surface area contributed by atoms with Gasteiger partial charge >= 0.3 is 5.97 Å². The van der Waals surface area contributed by atoms with E-state index >= 15 is 0 Å². The number of rotatable bonds is 14. The Morgan fingerprint density at radius 2 is 1.54 bits per heavy atom. The summed E-state index contributed by atoms with van der Waals surface area (Å²) in [5, 5.41) is 26.7. The van der Waals surface area contributed by atoms with Crippen molar-refractivity contribution in [3.05, 3.63) is 36.0 Å². The standard InChI is InChI=1S/C24H34N6O7/c1-12(2)7-17(28-21(33)15(25)9-20(26)32)22(34)29-18(23(35)30-19(11-31)24(36)37)8-13-10-27-16-6-4-3-5-14(13)16/h3-6,10,12,15,17-19,27,31H,7-9,11,25H2,1-2H3,(H2,26,32)(H,28,33)(H,29,34)(H,30,35)(H,36,37). The number of carboxylic acid groups (broad SMARTS) is 1. The molecule has 37 heavy (non-hydrogen) atoms. The molecule has 0 radical (unpaired) electrons. The molecule has 0 fully saturated rings. The minimum absolute atomic E-state index is 0.0110. The molecule has 0 aliphatic rings. The van der Waals surface area contributed by atoms with Gasteiger partial charge in [-0.25, -0.2) is 4.79 Å². The number of para-hydroxylation sites is 1. The molecule has 4 amide bonds. The Labute approximate surface area is 213 Å². The van der Waals surface area contributed by atoms with Crippen molar-refractivity contribution in [1.29, 1.82) is 0 Å². The lowest BCUT2D eigenvalue weighted by atomic mass is 10.00. The second-order valence-corrected chi connectivity index (χ2v) is 9.17. The number of hydrogen-bond donors (Lipinski definition) is 8. The largest absolute Gasteiger partial charge is 0.480 e. The molecule has 10 N–H and O–H groups in total. The van der Waals surface area contributed by atoms with Gasteiger partial charge in [-0.2, -0.15) is 0 Å². The van der Waals surface area contributed by atoms with E-state index in [2.05, 4.69) is 20.9 Å². The number of carbonyl (C=O) groups is 5. The summed E-state index contributed by atoms with van der Waals surface area (Å²) < 4.78 is 0. The number of fused-ring (bicyclic) bond motifs is 1. The maximum absolute atomic E-state index is 13.2. The topological polar surface area (TPSA) is 230 Å². The van der Waals surface area contributed by atoms with Crippen molar-refractivity contribution in [2.75, 3.05) is 6.61 Å². The SMILES string of the molecule is CC(C)CC(NC(=O)C(N)CC(N)=O)C(=O)NC(Cc1c[nH]c2ccccc12)C(=O)NC(CO)C(=O)O. The molecule has 13 nitrogen and oxygen atoms in total. The van der Waals surface area contributed by atoms with Crippen LogP contribution in [-0.2, 0) is 30.4 Å². The van der Waals surface area contributed by atoms with Gasteiger partial charge in [0.05, 0.1) is 19.1 Å². The van der Waals surface area contributed by atoms with Crippen molar-refractivity contribution in [2.24, 2.45) is 17.4 Å². The predicted molar refractivity (Wildman–Crippen MR) is 134 cm³/mol. The number of benzene rings is 1.